The Hall–Kier alpha value is -3.23. The van der Waals surface area contributed by atoms with Gasteiger partial charge in [0.15, 0.2) is 0 Å². The van der Waals surface area contributed by atoms with Gasteiger partial charge in [0.2, 0.25) is 0 Å². The zero-order valence-corrected chi connectivity index (χ0v) is 21.8. The quantitative estimate of drug-likeness (QED) is 0.265. The molecule has 5 nitrogen and oxygen atoms in total. The molecule has 0 fully saturated rings. The minimum atomic E-state index is -6.03. The molecule has 0 saturated carbocycles. The van der Waals surface area contributed by atoms with E-state index in [1.807, 2.05) is 31.9 Å². The Bertz CT molecular complexity index is 1220. The third-order valence-electron chi connectivity index (χ3n) is 6.75. The van der Waals surface area contributed by atoms with Gasteiger partial charge in [0.25, 0.3) is 0 Å². The highest BCUT2D eigenvalue weighted by Gasteiger charge is 2.70. The van der Waals surface area contributed by atoms with Crippen LogP contribution >= 0.6 is 0 Å². The van der Waals surface area contributed by atoms with Crippen LogP contribution in [0.3, 0.4) is 0 Å². The summed E-state index contributed by atoms with van der Waals surface area (Å²) >= 11 is 0. The summed E-state index contributed by atoms with van der Waals surface area (Å²) in [6, 6.07) is 9.96. The fourth-order valence-corrected chi connectivity index (χ4v) is 4.35. The number of hydrogen-bond donors (Lipinski definition) is 3. The molecule has 0 aliphatic rings. The van der Waals surface area contributed by atoms with Crippen molar-refractivity contribution in [2.24, 2.45) is 0 Å². The summed E-state index contributed by atoms with van der Waals surface area (Å²) in [5.74, 6) is 2.14. The lowest BCUT2D eigenvalue weighted by molar-refractivity contribution is -0.343. The first-order valence-corrected chi connectivity index (χ1v) is 12.1. The lowest BCUT2D eigenvalue weighted by Gasteiger charge is -2.34. The van der Waals surface area contributed by atoms with Crippen LogP contribution in [0.15, 0.2) is 36.4 Å². The highest BCUT2D eigenvalue weighted by molar-refractivity contribution is 5.67. The van der Waals surface area contributed by atoms with Crippen LogP contribution < -0.4 is 4.74 Å². The molecule has 1 atom stereocenters. The molecular formula is C28H30F6O5. The summed E-state index contributed by atoms with van der Waals surface area (Å²) in [4.78, 5) is 10.7. The van der Waals surface area contributed by atoms with Crippen molar-refractivity contribution in [1.29, 1.82) is 0 Å². The van der Waals surface area contributed by atoms with Crippen molar-refractivity contribution >= 4 is 5.97 Å². The van der Waals surface area contributed by atoms with E-state index >= 15 is 0 Å². The maximum absolute atomic E-state index is 13.0. The Kier molecular flexibility index (Phi) is 9.74. The molecule has 0 bridgehead atoms. The standard InChI is InChI=1S/C28H30F6O5/c1-5-25(6-2,21-9-10-23(18(4)14-21)39-16-22(35)15-24(36)37)20-8-7-19(17(3)13-20)11-12-26(38,27(29,30)31)28(32,33)34/h7-10,13-14,22,35,38H,5-6,15-16H2,1-4H3,(H,36,37)/t22-/m1/s1. The predicted molar refractivity (Wildman–Crippen MR) is 131 cm³/mol. The topological polar surface area (TPSA) is 87.0 Å². The van der Waals surface area contributed by atoms with Crippen LogP contribution in [0.5, 0.6) is 5.75 Å². The van der Waals surface area contributed by atoms with Gasteiger partial charge in [-0.15, -0.1) is 0 Å². The number of halogens is 6. The summed E-state index contributed by atoms with van der Waals surface area (Å²) in [5.41, 5.74) is -3.12. The molecule has 11 heteroatoms. The number of rotatable bonds is 9. The van der Waals surface area contributed by atoms with E-state index in [2.05, 4.69) is 0 Å². The molecule has 0 heterocycles. The van der Waals surface area contributed by atoms with Gasteiger partial charge in [-0.3, -0.25) is 4.79 Å². The van der Waals surface area contributed by atoms with E-state index < -0.39 is 41.9 Å². The average Bonchev–Trinajstić information content (AvgIpc) is 2.82. The number of aliphatic hydroxyl groups is 2. The first kappa shape index (κ1) is 32.0. The summed E-state index contributed by atoms with van der Waals surface area (Å²) < 4.78 is 83.5. The van der Waals surface area contributed by atoms with E-state index in [0.717, 1.165) is 22.6 Å². The number of carbonyl (C=O) groups is 1. The smallest absolute Gasteiger partial charge is 0.438 e. The number of ether oxygens (including phenoxy) is 1. The minimum Gasteiger partial charge on any atom is -0.491 e. The Labute approximate surface area is 222 Å². The Morgan fingerprint density at radius 2 is 1.44 bits per heavy atom. The van der Waals surface area contributed by atoms with Crippen LogP contribution in [-0.4, -0.2) is 52.0 Å². The number of alkyl halides is 6. The zero-order valence-electron chi connectivity index (χ0n) is 21.8. The van der Waals surface area contributed by atoms with Crippen molar-refractivity contribution in [2.75, 3.05) is 6.61 Å². The van der Waals surface area contributed by atoms with Crippen molar-refractivity contribution in [1.82, 2.24) is 0 Å². The van der Waals surface area contributed by atoms with Crippen molar-refractivity contribution in [3.8, 4) is 17.6 Å². The monoisotopic (exact) mass is 560 g/mol. The highest BCUT2D eigenvalue weighted by atomic mass is 19.4. The van der Waals surface area contributed by atoms with Gasteiger partial charge >= 0.3 is 23.9 Å². The molecule has 0 spiro atoms. The van der Waals surface area contributed by atoms with Crippen LogP contribution in [0.2, 0.25) is 0 Å². The van der Waals surface area contributed by atoms with E-state index in [9.17, 15) is 41.4 Å². The Morgan fingerprint density at radius 3 is 1.87 bits per heavy atom. The molecule has 2 aromatic rings. The zero-order chi connectivity index (χ0) is 29.8. The maximum atomic E-state index is 13.0. The van der Waals surface area contributed by atoms with Crippen LogP contribution in [0.4, 0.5) is 26.3 Å². The number of carboxylic acid groups (broad SMARTS) is 1. The summed E-state index contributed by atoms with van der Waals surface area (Å²) in [5, 5.41) is 27.8. The van der Waals surface area contributed by atoms with Crippen LogP contribution in [0.1, 0.15) is 60.9 Å². The molecule has 0 saturated heterocycles. The van der Waals surface area contributed by atoms with E-state index in [1.165, 1.54) is 13.0 Å². The van der Waals surface area contributed by atoms with Gasteiger partial charge in [0.1, 0.15) is 12.4 Å². The van der Waals surface area contributed by atoms with Crippen molar-refractivity contribution in [2.45, 2.75) is 76.4 Å². The van der Waals surface area contributed by atoms with Crippen molar-refractivity contribution in [3.05, 3.63) is 64.2 Å². The van der Waals surface area contributed by atoms with Gasteiger partial charge < -0.3 is 20.1 Å². The van der Waals surface area contributed by atoms with Crippen LogP contribution in [0, 0.1) is 25.7 Å². The van der Waals surface area contributed by atoms with Gasteiger partial charge in [-0.05, 0) is 67.0 Å². The van der Waals surface area contributed by atoms with Gasteiger partial charge in [-0.1, -0.05) is 44.0 Å². The largest absolute Gasteiger partial charge is 0.491 e. The second-order valence-corrected chi connectivity index (χ2v) is 9.32. The molecule has 39 heavy (non-hydrogen) atoms. The first-order chi connectivity index (χ1) is 17.9. The molecule has 2 aromatic carbocycles. The number of carboxylic acids is 1. The third kappa shape index (κ3) is 6.86. The molecule has 0 aromatic heterocycles. The first-order valence-electron chi connectivity index (χ1n) is 12.1. The lowest BCUT2D eigenvalue weighted by Crippen LogP contribution is -2.55. The van der Waals surface area contributed by atoms with Gasteiger partial charge in [0.05, 0.1) is 12.5 Å². The predicted octanol–water partition coefficient (Wildman–Crippen LogP) is 5.83. The Morgan fingerprint density at radius 1 is 0.923 bits per heavy atom. The van der Waals surface area contributed by atoms with Gasteiger partial charge in [-0.25, -0.2) is 0 Å². The third-order valence-corrected chi connectivity index (χ3v) is 6.75. The van der Waals surface area contributed by atoms with E-state index in [0.29, 0.717) is 24.2 Å². The average molecular weight is 561 g/mol. The molecule has 0 aliphatic carbocycles. The summed E-state index contributed by atoms with van der Waals surface area (Å²) in [7, 11) is 0. The number of benzene rings is 2. The van der Waals surface area contributed by atoms with Crippen molar-refractivity contribution in [3.63, 3.8) is 0 Å². The molecule has 0 amide bonds. The summed E-state index contributed by atoms with van der Waals surface area (Å²) in [6.07, 6.45) is -12.5. The summed E-state index contributed by atoms with van der Waals surface area (Å²) in [6.45, 7) is 6.97. The normalized spacial score (nSPS) is 13.4. The number of aryl methyl sites for hydroxylation is 2. The SMILES string of the molecule is CCC(CC)(c1ccc(C#CC(O)(C(F)(F)F)C(F)(F)F)c(C)c1)c1ccc(OC[C@H](O)CC(=O)O)c(C)c1. The van der Waals surface area contributed by atoms with Crippen molar-refractivity contribution < 1.29 is 51.2 Å². The number of aliphatic carboxylic acids is 1. The lowest BCUT2D eigenvalue weighted by atomic mass is 9.70. The molecule has 214 valence electrons. The molecule has 3 N–H and O–H groups in total. The minimum absolute atomic E-state index is 0.0911. The number of hydrogen-bond acceptors (Lipinski definition) is 4. The van der Waals surface area contributed by atoms with E-state index in [1.54, 1.807) is 25.1 Å². The Balaban J connectivity index is 2.45. The van der Waals surface area contributed by atoms with Crippen LogP contribution in [-0.2, 0) is 10.2 Å². The second kappa shape index (κ2) is 11.9. The fraction of sp³-hybridized carbons (Fsp3) is 0.464. The van der Waals surface area contributed by atoms with Gasteiger partial charge in [0, 0.05) is 11.0 Å². The second-order valence-electron chi connectivity index (χ2n) is 9.32. The molecule has 2 rings (SSSR count). The van der Waals surface area contributed by atoms with E-state index in [-0.39, 0.29) is 12.2 Å². The highest BCUT2D eigenvalue weighted by Crippen LogP contribution is 2.43. The molecule has 0 aliphatic heterocycles. The fourth-order valence-electron chi connectivity index (χ4n) is 4.35. The molecular weight excluding hydrogens is 530 g/mol. The number of aliphatic hydroxyl groups excluding tert-OH is 1. The molecule has 0 radical (unpaired) electrons. The molecule has 0 unspecified atom stereocenters. The van der Waals surface area contributed by atoms with Gasteiger partial charge in [-0.2, -0.15) is 26.3 Å². The maximum Gasteiger partial charge on any atom is 0.438 e. The van der Waals surface area contributed by atoms with E-state index in [4.69, 9.17) is 9.84 Å². The van der Waals surface area contributed by atoms with Crippen LogP contribution in [0.25, 0.3) is 0 Å².